The van der Waals surface area contributed by atoms with Crippen LogP contribution in [0.15, 0.2) is 0 Å². The maximum absolute atomic E-state index is 10.2. The lowest BCUT2D eigenvalue weighted by molar-refractivity contribution is -0.140. The van der Waals surface area contributed by atoms with Gasteiger partial charge in [-0.15, -0.1) is 12.4 Å². The molecule has 10 heavy (non-hydrogen) atoms. The van der Waals surface area contributed by atoms with E-state index in [0.29, 0.717) is 6.42 Å². The van der Waals surface area contributed by atoms with Gasteiger partial charge in [-0.1, -0.05) is 19.1 Å². The van der Waals surface area contributed by atoms with Crippen molar-refractivity contribution in [1.82, 2.24) is 0 Å². The third-order valence-electron chi connectivity index (χ3n) is 1.02. The topological polar surface area (TPSA) is 37.3 Å². The van der Waals surface area contributed by atoms with E-state index < -0.39 is 5.97 Å². The number of hydrogen-bond acceptors (Lipinski definition) is 2. The van der Waals surface area contributed by atoms with E-state index in [9.17, 15) is 4.79 Å². The summed E-state index contributed by atoms with van der Waals surface area (Å²) in [4.78, 5) is 10.9. The minimum Gasteiger partial charge on any atom is -0.481 e. The molecule has 0 aliphatic heterocycles. The van der Waals surface area contributed by atoms with Crippen molar-refractivity contribution in [2.45, 2.75) is 20.3 Å². The lowest BCUT2D eigenvalue weighted by Gasteiger charge is -2.01. The lowest BCUT2D eigenvalue weighted by Crippen LogP contribution is -2.11. The third kappa shape index (κ3) is 5.98. The Morgan fingerprint density at radius 1 is 1.70 bits per heavy atom. The van der Waals surface area contributed by atoms with Crippen LogP contribution in [-0.2, 0) is 4.79 Å². The molecule has 0 aromatic heterocycles. The fourth-order valence-corrected chi connectivity index (χ4v) is 0.768. The molecule has 0 spiro atoms. The van der Waals surface area contributed by atoms with E-state index in [4.69, 9.17) is 17.3 Å². The third-order valence-corrected chi connectivity index (χ3v) is 1.18. The van der Waals surface area contributed by atoms with Crippen molar-refractivity contribution in [3.63, 3.8) is 0 Å². The summed E-state index contributed by atoms with van der Waals surface area (Å²) in [5, 5.41) is 8.37. The lowest BCUT2D eigenvalue weighted by atomic mass is 10.1. The van der Waals surface area contributed by atoms with Gasteiger partial charge < -0.3 is 5.11 Å². The minimum absolute atomic E-state index is 0. The van der Waals surface area contributed by atoms with Crippen LogP contribution in [0.3, 0.4) is 0 Å². The van der Waals surface area contributed by atoms with Crippen molar-refractivity contribution in [2.24, 2.45) is 5.92 Å². The van der Waals surface area contributed by atoms with Gasteiger partial charge in [-0.2, -0.15) is 0 Å². The second-order valence-corrected chi connectivity index (χ2v) is 2.84. The molecule has 4 heteroatoms. The average Bonchev–Trinajstić information content (AvgIpc) is 1.63. The Kier molecular flexibility index (Phi) is 7.04. The molecule has 0 rings (SSSR count). The summed E-state index contributed by atoms with van der Waals surface area (Å²) in [6, 6.07) is 0. The summed E-state index contributed by atoms with van der Waals surface area (Å²) in [7, 11) is 0. The maximum Gasteiger partial charge on any atom is 0.306 e. The number of rotatable bonds is 3. The van der Waals surface area contributed by atoms with E-state index in [1.54, 1.807) is 13.8 Å². The first-order chi connectivity index (χ1) is 4.04. The zero-order valence-corrected chi connectivity index (χ0v) is 7.59. The van der Waals surface area contributed by atoms with Crippen molar-refractivity contribution in [2.75, 3.05) is 0 Å². The summed E-state index contributed by atoms with van der Waals surface area (Å²) in [6.45, 7) is 3.41. The smallest absolute Gasteiger partial charge is 0.306 e. The van der Waals surface area contributed by atoms with Crippen molar-refractivity contribution < 1.29 is 9.90 Å². The van der Waals surface area contributed by atoms with Gasteiger partial charge in [0.25, 0.3) is 0 Å². The molecular formula is C6H11ClO2S. The highest BCUT2D eigenvalue weighted by Crippen LogP contribution is 2.02. The predicted octanol–water partition coefficient (Wildman–Crippen LogP) is 1.91. The number of carbonyl (C=O) groups is 1. The fraction of sp³-hybridized carbons (Fsp3) is 0.667. The Morgan fingerprint density at radius 3 is 2.20 bits per heavy atom. The standard InChI is InChI=1S/C6H10O2S.ClH/c1-4(6(7)8)3-5(2)9;/h4H,3H2,1-2H3,(H,7,8);1H. The molecule has 0 fully saturated rings. The SMILES string of the molecule is CC(=S)CC(C)C(=O)O.Cl. The van der Waals surface area contributed by atoms with Gasteiger partial charge in [-0.05, 0) is 18.2 Å². The second kappa shape index (κ2) is 5.62. The highest BCUT2D eigenvalue weighted by Gasteiger charge is 2.10. The largest absolute Gasteiger partial charge is 0.481 e. The summed E-state index contributed by atoms with van der Waals surface area (Å²) in [6.07, 6.45) is 0.505. The van der Waals surface area contributed by atoms with Gasteiger partial charge >= 0.3 is 5.97 Å². The Bertz CT molecular complexity index is 136. The van der Waals surface area contributed by atoms with E-state index >= 15 is 0 Å². The van der Waals surface area contributed by atoms with E-state index in [0.717, 1.165) is 4.86 Å². The molecule has 2 nitrogen and oxygen atoms in total. The van der Waals surface area contributed by atoms with Crippen LogP contribution in [0, 0.1) is 5.92 Å². The van der Waals surface area contributed by atoms with Gasteiger partial charge in [-0.3, -0.25) is 4.79 Å². The van der Waals surface area contributed by atoms with Crippen molar-refractivity contribution in [3.05, 3.63) is 0 Å². The Morgan fingerprint density at radius 2 is 2.10 bits per heavy atom. The zero-order chi connectivity index (χ0) is 7.44. The number of carboxylic acids is 1. The van der Waals surface area contributed by atoms with Crippen molar-refractivity contribution >= 4 is 35.5 Å². The van der Waals surface area contributed by atoms with Crippen LogP contribution in [0.1, 0.15) is 20.3 Å². The van der Waals surface area contributed by atoms with Gasteiger partial charge in [-0.25, -0.2) is 0 Å². The first-order valence-electron chi connectivity index (χ1n) is 2.76. The Balaban J connectivity index is 0. The van der Waals surface area contributed by atoms with Gasteiger partial charge in [0.15, 0.2) is 0 Å². The summed E-state index contributed by atoms with van der Waals surface area (Å²) in [5.41, 5.74) is 0. The highest BCUT2D eigenvalue weighted by molar-refractivity contribution is 7.80. The predicted molar refractivity (Wildman–Crippen MR) is 46.9 cm³/mol. The molecule has 0 saturated carbocycles. The maximum atomic E-state index is 10.2. The molecule has 60 valence electrons. The highest BCUT2D eigenvalue weighted by atomic mass is 35.5. The molecule has 0 bridgehead atoms. The number of aliphatic carboxylic acids is 1. The minimum atomic E-state index is -0.779. The number of halogens is 1. The first-order valence-corrected chi connectivity index (χ1v) is 3.17. The summed E-state index contributed by atoms with van der Waals surface area (Å²) in [5.74, 6) is -1.11. The normalized spacial score (nSPS) is 11.4. The van der Waals surface area contributed by atoms with E-state index in [2.05, 4.69) is 0 Å². The zero-order valence-electron chi connectivity index (χ0n) is 5.96. The van der Waals surface area contributed by atoms with Crippen LogP contribution in [0.5, 0.6) is 0 Å². The quantitative estimate of drug-likeness (QED) is 0.678. The molecule has 1 atom stereocenters. The van der Waals surface area contributed by atoms with E-state index in [1.165, 1.54) is 0 Å². The molecule has 0 aliphatic carbocycles. The van der Waals surface area contributed by atoms with E-state index in [1.807, 2.05) is 0 Å². The first kappa shape index (κ1) is 12.5. The molecule has 1 unspecified atom stereocenters. The number of hydrogen-bond donors (Lipinski definition) is 1. The number of thiocarbonyl (C=S) groups is 1. The molecule has 0 radical (unpaired) electrons. The van der Waals surface area contributed by atoms with Gasteiger partial charge in [0.2, 0.25) is 0 Å². The molecule has 0 heterocycles. The van der Waals surface area contributed by atoms with Gasteiger partial charge in [0, 0.05) is 0 Å². The monoisotopic (exact) mass is 182 g/mol. The fourth-order valence-electron chi connectivity index (χ4n) is 0.518. The second-order valence-electron chi connectivity index (χ2n) is 2.15. The molecule has 0 amide bonds. The molecular weight excluding hydrogens is 172 g/mol. The van der Waals surface area contributed by atoms with Gasteiger partial charge in [0.1, 0.15) is 0 Å². The van der Waals surface area contributed by atoms with Crippen LogP contribution in [0.4, 0.5) is 0 Å². The molecule has 1 N–H and O–H groups in total. The number of carboxylic acid groups (broad SMARTS) is 1. The molecule has 0 saturated heterocycles. The average molecular weight is 183 g/mol. The van der Waals surface area contributed by atoms with Crippen LogP contribution in [0.25, 0.3) is 0 Å². The van der Waals surface area contributed by atoms with Crippen LogP contribution < -0.4 is 0 Å². The summed E-state index contributed by atoms with van der Waals surface area (Å²) >= 11 is 4.73. The Hall–Kier alpha value is -0.150. The molecule has 0 aromatic carbocycles. The van der Waals surface area contributed by atoms with Crippen molar-refractivity contribution in [1.29, 1.82) is 0 Å². The molecule has 0 aliphatic rings. The molecule has 0 aromatic rings. The Labute approximate surface area is 72.0 Å². The van der Waals surface area contributed by atoms with Gasteiger partial charge in [0.05, 0.1) is 5.92 Å². The van der Waals surface area contributed by atoms with Crippen LogP contribution >= 0.6 is 24.6 Å². The van der Waals surface area contributed by atoms with E-state index in [-0.39, 0.29) is 18.3 Å². The van der Waals surface area contributed by atoms with Crippen molar-refractivity contribution in [3.8, 4) is 0 Å². The van der Waals surface area contributed by atoms with Crippen LogP contribution in [0.2, 0.25) is 0 Å². The summed E-state index contributed by atoms with van der Waals surface area (Å²) < 4.78 is 0. The van der Waals surface area contributed by atoms with Crippen LogP contribution in [-0.4, -0.2) is 15.9 Å².